The Labute approximate surface area is 128 Å². The molecular weight excluding hydrogens is 286 g/mol. The van der Waals surface area contributed by atoms with Crippen molar-refractivity contribution < 1.29 is 19.1 Å². The summed E-state index contributed by atoms with van der Waals surface area (Å²) < 4.78 is 11.0. The van der Waals surface area contributed by atoms with E-state index in [1.54, 1.807) is 4.90 Å². The predicted molar refractivity (Wildman–Crippen MR) is 78.5 cm³/mol. The van der Waals surface area contributed by atoms with E-state index in [1.165, 1.54) is 0 Å². The van der Waals surface area contributed by atoms with Gasteiger partial charge in [0.05, 0.1) is 5.92 Å². The van der Waals surface area contributed by atoms with Crippen LogP contribution in [0.4, 0.5) is 4.79 Å². The van der Waals surface area contributed by atoms with Crippen molar-refractivity contribution in [2.24, 2.45) is 11.7 Å². The minimum atomic E-state index is -0.345. The van der Waals surface area contributed by atoms with Crippen molar-refractivity contribution in [2.45, 2.75) is 13.0 Å². The molecular formula is C15H19N3O4. The van der Waals surface area contributed by atoms with Crippen molar-refractivity contribution in [2.75, 3.05) is 26.3 Å². The summed E-state index contributed by atoms with van der Waals surface area (Å²) in [7, 11) is 0. The second-order valence-corrected chi connectivity index (χ2v) is 5.47. The maximum atomic E-state index is 12.1. The summed E-state index contributed by atoms with van der Waals surface area (Å²) in [5.41, 5.74) is 6.20. The molecule has 0 aliphatic carbocycles. The van der Waals surface area contributed by atoms with Crippen LogP contribution in [-0.2, 0) is 11.3 Å². The minimum absolute atomic E-state index is 0.182. The molecule has 1 fully saturated rings. The number of nitrogens with one attached hydrogen (secondary N) is 1. The van der Waals surface area contributed by atoms with Crippen LogP contribution < -0.4 is 20.5 Å². The summed E-state index contributed by atoms with van der Waals surface area (Å²) in [5.74, 6) is 0.848. The fraction of sp³-hybridized carbons (Fsp3) is 0.467. The number of carbonyl (C=O) groups is 2. The fourth-order valence-corrected chi connectivity index (χ4v) is 2.66. The fourth-order valence-electron chi connectivity index (χ4n) is 2.66. The van der Waals surface area contributed by atoms with Gasteiger partial charge in [-0.25, -0.2) is 4.79 Å². The number of carbonyl (C=O) groups excluding carboxylic acids is 2. The molecule has 1 atom stereocenters. The van der Waals surface area contributed by atoms with Crippen molar-refractivity contribution in [1.29, 1.82) is 0 Å². The number of nitrogens with zero attached hydrogens (tertiary/aromatic N) is 1. The van der Waals surface area contributed by atoms with E-state index in [9.17, 15) is 9.59 Å². The van der Waals surface area contributed by atoms with Gasteiger partial charge in [-0.3, -0.25) is 4.79 Å². The first-order valence-electron chi connectivity index (χ1n) is 7.34. The molecule has 22 heavy (non-hydrogen) atoms. The number of hydrogen-bond acceptors (Lipinski definition) is 4. The van der Waals surface area contributed by atoms with Gasteiger partial charge in [0, 0.05) is 19.6 Å². The lowest BCUT2D eigenvalue weighted by molar-refractivity contribution is -0.121. The Morgan fingerprint density at radius 2 is 2.05 bits per heavy atom. The molecule has 1 aromatic carbocycles. The number of likely N-dealkylation sites (tertiary alicyclic amines) is 1. The maximum Gasteiger partial charge on any atom is 0.317 e. The van der Waals surface area contributed by atoms with Crippen LogP contribution in [0, 0.1) is 5.92 Å². The van der Waals surface area contributed by atoms with Crippen molar-refractivity contribution in [1.82, 2.24) is 10.2 Å². The van der Waals surface area contributed by atoms with Gasteiger partial charge >= 0.3 is 6.03 Å². The van der Waals surface area contributed by atoms with Gasteiger partial charge in [0.2, 0.25) is 5.91 Å². The lowest BCUT2D eigenvalue weighted by atomic mass is 10.1. The SMILES string of the molecule is NC(=O)[C@H]1CCN(C(=O)NCc2ccc3c(c2)OCCO3)C1. The third-order valence-electron chi connectivity index (χ3n) is 3.93. The third-order valence-corrected chi connectivity index (χ3v) is 3.93. The van der Waals surface area contributed by atoms with E-state index in [4.69, 9.17) is 15.2 Å². The number of rotatable bonds is 3. The Morgan fingerprint density at radius 3 is 2.77 bits per heavy atom. The first-order chi connectivity index (χ1) is 10.6. The summed E-state index contributed by atoms with van der Waals surface area (Å²) in [6.07, 6.45) is 0.632. The Balaban J connectivity index is 1.54. The molecule has 0 spiro atoms. The molecule has 0 radical (unpaired) electrons. The zero-order valence-corrected chi connectivity index (χ0v) is 12.2. The standard InChI is InChI=1S/C15H19N3O4/c16-14(19)11-3-4-18(9-11)15(20)17-8-10-1-2-12-13(7-10)22-6-5-21-12/h1-2,7,11H,3-6,8-9H2,(H2,16,19)(H,17,20)/t11-/m0/s1. The normalized spacial score (nSPS) is 19.8. The molecule has 3 N–H and O–H groups in total. The summed E-state index contributed by atoms with van der Waals surface area (Å²) in [4.78, 5) is 24.8. The number of fused-ring (bicyclic) bond motifs is 1. The van der Waals surface area contributed by atoms with E-state index in [1.807, 2.05) is 18.2 Å². The monoisotopic (exact) mass is 305 g/mol. The van der Waals surface area contributed by atoms with Crippen molar-refractivity contribution in [3.8, 4) is 11.5 Å². The molecule has 1 saturated heterocycles. The Kier molecular flexibility index (Phi) is 4.04. The van der Waals surface area contributed by atoms with Crippen molar-refractivity contribution in [3.05, 3.63) is 23.8 Å². The van der Waals surface area contributed by atoms with Gasteiger partial charge in [0.25, 0.3) is 0 Å². The molecule has 2 heterocycles. The van der Waals surface area contributed by atoms with Crippen LogP contribution in [0.15, 0.2) is 18.2 Å². The lowest BCUT2D eigenvalue weighted by Crippen LogP contribution is -2.39. The summed E-state index contributed by atoms with van der Waals surface area (Å²) in [6, 6.07) is 5.42. The van der Waals surface area contributed by atoms with Crippen LogP contribution in [0.1, 0.15) is 12.0 Å². The molecule has 0 bridgehead atoms. The van der Waals surface area contributed by atoms with Crippen LogP contribution in [0.5, 0.6) is 11.5 Å². The molecule has 0 saturated carbocycles. The highest BCUT2D eigenvalue weighted by Gasteiger charge is 2.29. The third kappa shape index (κ3) is 3.08. The van der Waals surface area contributed by atoms with Gasteiger partial charge in [-0.2, -0.15) is 0 Å². The van der Waals surface area contributed by atoms with Gasteiger partial charge in [0.1, 0.15) is 13.2 Å². The first kappa shape index (κ1) is 14.5. The molecule has 2 aliphatic rings. The molecule has 118 valence electrons. The number of ether oxygens (including phenoxy) is 2. The van der Waals surface area contributed by atoms with E-state index in [0.29, 0.717) is 45.0 Å². The lowest BCUT2D eigenvalue weighted by Gasteiger charge is -2.20. The highest BCUT2D eigenvalue weighted by molar-refractivity contribution is 5.80. The topological polar surface area (TPSA) is 93.9 Å². The largest absolute Gasteiger partial charge is 0.486 e. The van der Waals surface area contributed by atoms with Gasteiger partial charge in [-0.15, -0.1) is 0 Å². The summed E-state index contributed by atoms with van der Waals surface area (Å²) >= 11 is 0. The van der Waals surface area contributed by atoms with E-state index < -0.39 is 0 Å². The zero-order chi connectivity index (χ0) is 15.5. The molecule has 3 amide bonds. The Morgan fingerprint density at radius 1 is 1.27 bits per heavy atom. The van der Waals surface area contributed by atoms with Gasteiger partial charge in [-0.1, -0.05) is 6.07 Å². The highest BCUT2D eigenvalue weighted by atomic mass is 16.6. The van der Waals surface area contributed by atoms with Crippen LogP contribution in [-0.4, -0.2) is 43.1 Å². The average Bonchev–Trinajstić information content (AvgIpc) is 3.03. The van der Waals surface area contributed by atoms with E-state index in [2.05, 4.69) is 5.32 Å². The van der Waals surface area contributed by atoms with Gasteiger partial charge in [0.15, 0.2) is 11.5 Å². The maximum absolute atomic E-state index is 12.1. The minimum Gasteiger partial charge on any atom is -0.486 e. The number of primary amides is 1. The summed E-state index contributed by atoms with van der Waals surface area (Å²) in [6.45, 7) is 2.43. The Bertz CT molecular complexity index is 590. The molecule has 7 nitrogen and oxygen atoms in total. The van der Waals surface area contributed by atoms with E-state index in [-0.39, 0.29) is 17.9 Å². The average molecular weight is 305 g/mol. The molecule has 1 aromatic rings. The van der Waals surface area contributed by atoms with Crippen LogP contribution in [0.25, 0.3) is 0 Å². The van der Waals surface area contributed by atoms with Crippen LogP contribution in [0.2, 0.25) is 0 Å². The predicted octanol–water partition coefficient (Wildman–Crippen LogP) is 0.475. The first-order valence-corrected chi connectivity index (χ1v) is 7.34. The molecule has 7 heteroatoms. The zero-order valence-electron chi connectivity index (χ0n) is 12.2. The van der Waals surface area contributed by atoms with Crippen LogP contribution >= 0.6 is 0 Å². The second-order valence-electron chi connectivity index (χ2n) is 5.47. The highest BCUT2D eigenvalue weighted by Crippen LogP contribution is 2.30. The van der Waals surface area contributed by atoms with Gasteiger partial charge in [-0.05, 0) is 24.1 Å². The molecule has 0 unspecified atom stereocenters. The van der Waals surface area contributed by atoms with E-state index >= 15 is 0 Å². The van der Waals surface area contributed by atoms with E-state index in [0.717, 1.165) is 11.3 Å². The van der Waals surface area contributed by atoms with Crippen LogP contribution in [0.3, 0.4) is 0 Å². The number of urea groups is 1. The number of amides is 3. The van der Waals surface area contributed by atoms with Gasteiger partial charge < -0.3 is 25.4 Å². The van der Waals surface area contributed by atoms with Crippen molar-refractivity contribution in [3.63, 3.8) is 0 Å². The smallest absolute Gasteiger partial charge is 0.317 e. The number of benzene rings is 1. The Hall–Kier alpha value is -2.44. The molecule has 2 aliphatic heterocycles. The number of nitrogens with two attached hydrogens (primary N) is 1. The molecule has 3 rings (SSSR count). The molecule has 0 aromatic heterocycles. The van der Waals surface area contributed by atoms with Crippen molar-refractivity contribution >= 4 is 11.9 Å². The second kappa shape index (κ2) is 6.13. The quantitative estimate of drug-likeness (QED) is 0.849. The number of hydrogen-bond donors (Lipinski definition) is 2. The summed E-state index contributed by atoms with van der Waals surface area (Å²) in [5, 5.41) is 2.85.